The van der Waals surface area contributed by atoms with Crippen molar-refractivity contribution >= 4 is 29.0 Å². The number of hydrogen-bond acceptors (Lipinski definition) is 2. The predicted molar refractivity (Wildman–Crippen MR) is 72.5 cm³/mol. The molecule has 0 saturated carbocycles. The van der Waals surface area contributed by atoms with Crippen LogP contribution >= 0.6 is 23.2 Å². The Balaban J connectivity index is 2.60. The number of nitrogens with two attached hydrogens (primary N) is 1. The van der Waals surface area contributed by atoms with Gasteiger partial charge < -0.3 is 5.73 Å². The summed E-state index contributed by atoms with van der Waals surface area (Å²) in [7, 11) is 1.83. The highest BCUT2D eigenvalue weighted by Crippen LogP contribution is 2.31. The molecule has 3 nitrogen and oxygen atoms in total. The molecule has 0 spiro atoms. The van der Waals surface area contributed by atoms with Gasteiger partial charge in [-0.1, -0.05) is 36.2 Å². The minimum absolute atomic E-state index is 0.524. The third-order valence-electron chi connectivity index (χ3n) is 2.74. The van der Waals surface area contributed by atoms with Crippen molar-refractivity contribution in [3.8, 4) is 11.3 Å². The molecule has 0 fully saturated rings. The Morgan fingerprint density at radius 3 is 2.59 bits per heavy atom. The summed E-state index contributed by atoms with van der Waals surface area (Å²) < 4.78 is 1.68. The molecule has 0 bridgehead atoms. The van der Waals surface area contributed by atoms with Crippen LogP contribution in [0.1, 0.15) is 12.5 Å². The van der Waals surface area contributed by atoms with Gasteiger partial charge in [0, 0.05) is 18.2 Å². The molecule has 1 heterocycles. The maximum Gasteiger partial charge on any atom is 0.125 e. The Morgan fingerprint density at radius 2 is 2.00 bits per heavy atom. The van der Waals surface area contributed by atoms with Gasteiger partial charge in [0.05, 0.1) is 15.7 Å². The van der Waals surface area contributed by atoms with E-state index in [4.69, 9.17) is 28.9 Å². The van der Waals surface area contributed by atoms with E-state index >= 15 is 0 Å². The van der Waals surface area contributed by atoms with Crippen LogP contribution in [0.3, 0.4) is 0 Å². The molecular formula is C12H13Cl2N3. The summed E-state index contributed by atoms with van der Waals surface area (Å²) in [4.78, 5) is 0. The smallest absolute Gasteiger partial charge is 0.125 e. The molecule has 0 amide bonds. The first-order chi connectivity index (χ1) is 8.04. The molecule has 17 heavy (non-hydrogen) atoms. The van der Waals surface area contributed by atoms with Crippen molar-refractivity contribution in [1.29, 1.82) is 0 Å². The van der Waals surface area contributed by atoms with Crippen LogP contribution in [-0.4, -0.2) is 9.78 Å². The SMILES string of the molecule is CCc1c(-c2ccc(Cl)c(Cl)c2)nn(C)c1N. The lowest BCUT2D eigenvalue weighted by Gasteiger charge is -2.02. The minimum Gasteiger partial charge on any atom is -0.384 e. The van der Waals surface area contributed by atoms with Gasteiger partial charge in [0.2, 0.25) is 0 Å². The molecule has 1 aromatic heterocycles. The Labute approximate surface area is 110 Å². The zero-order chi connectivity index (χ0) is 12.6. The molecule has 0 unspecified atom stereocenters. The number of hydrogen-bond donors (Lipinski definition) is 1. The Kier molecular flexibility index (Phi) is 3.31. The number of nitrogen functional groups attached to an aromatic ring is 1. The molecule has 0 atom stereocenters. The molecule has 5 heteroatoms. The third kappa shape index (κ3) is 2.13. The number of halogens is 2. The first-order valence-electron chi connectivity index (χ1n) is 5.31. The summed E-state index contributed by atoms with van der Waals surface area (Å²) >= 11 is 11.9. The molecule has 0 aliphatic heterocycles. The van der Waals surface area contributed by atoms with Gasteiger partial charge in [-0.25, -0.2) is 0 Å². The van der Waals surface area contributed by atoms with Crippen LogP contribution < -0.4 is 5.73 Å². The summed E-state index contributed by atoms with van der Waals surface area (Å²) in [5.41, 5.74) is 8.79. The number of anilines is 1. The van der Waals surface area contributed by atoms with E-state index in [9.17, 15) is 0 Å². The fourth-order valence-electron chi connectivity index (χ4n) is 1.80. The second kappa shape index (κ2) is 4.59. The van der Waals surface area contributed by atoms with E-state index in [1.807, 2.05) is 26.1 Å². The van der Waals surface area contributed by atoms with Crippen LogP contribution in [0.2, 0.25) is 10.0 Å². The molecule has 2 aromatic rings. The van der Waals surface area contributed by atoms with Crippen LogP contribution in [0.4, 0.5) is 5.82 Å². The van der Waals surface area contributed by atoms with Gasteiger partial charge in [-0.3, -0.25) is 4.68 Å². The zero-order valence-corrected chi connectivity index (χ0v) is 11.2. The van der Waals surface area contributed by atoms with Crippen molar-refractivity contribution in [1.82, 2.24) is 9.78 Å². The maximum absolute atomic E-state index is 6.01. The summed E-state index contributed by atoms with van der Waals surface area (Å²) in [5, 5.41) is 5.47. The average molecular weight is 270 g/mol. The van der Waals surface area contributed by atoms with Gasteiger partial charge in [-0.2, -0.15) is 5.10 Å². The Morgan fingerprint density at radius 1 is 1.29 bits per heavy atom. The summed E-state index contributed by atoms with van der Waals surface area (Å²) in [6.45, 7) is 2.05. The van der Waals surface area contributed by atoms with E-state index in [0.717, 1.165) is 23.2 Å². The van der Waals surface area contributed by atoms with E-state index in [0.29, 0.717) is 15.9 Å². The van der Waals surface area contributed by atoms with E-state index in [-0.39, 0.29) is 0 Å². The van der Waals surface area contributed by atoms with Gasteiger partial charge >= 0.3 is 0 Å². The van der Waals surface area contributed by atoms with Gasteiger partial charge in [-0.05, 0) is 18.6 Å². The highest BCUT2D eigenvalue weighted by molar-refractivity contribution is 6.42. The van der Waals surface area contributed by atoms with Crippen molar-refractivity contribution in [3.05, 3.63) is 33.8 Å². The maximum atomic E-state index is 6.01. The van der Waals surface area contributed by atoms with E-state index in [1.54, 1.807) is 10.7 Å². The number of benzene rings is 1. The topological polar surface area (TPSA) is 43.8 Å². The highest BCUT2D eigenvalue weighted by Gasteiger charge is 2.14. The van der Waals surface area contributed by atoms with Crippen molar-refractivity contribution < 1.29 is 0 Å². The fourth-order valence-corrected chi connectivity index (χ4v) is 2.10. The largest absolute Gasteiger partial charge is 0.384 e. The normalized spacial score (nSPS) is 10.8. The number of rotatable bonds is 2. The summed E-state index contributed by atoms with van der Waals surface area (Å²) in [5.74, 6) is 0.688. The predicted octanol–water partition coefficient (Wildman–Crippen LogP) is 3.54. The third-order valence-corrected chi connectivity index (χ3v) is 3.48. The number of nitrogens with zero attached hydrogens (tertiary/aromatic N) is 2. The Bertz CT molecular complexity index is 561. The molecule has 0 saturated heterocycles. The minimum atomic E-state index is 0.524. The zero-order valence-electron chi connectivity index (χ0n) is 9.67. The van der Waals surface area contributed by atoms with Crippen molar-refractivity contribution in [2.24, 2.45) is 7.05 Å². The summed E-state index contributed by atoms with van der Waals surface area (Å²) in [6.07, 6.45) is 0.829. The van der Waals surface area contributed by atoms with E-state index < -0.39 is 0 Å². The second-order valence-electron chi connectivity index (χ2n) is 3.82. The molecule has 90 valence electrons. The van der Waals surface area contributed by atoms with E-state index in [1.165, 1.54) is 0 Å². The van der Waals surface area contributed by atoms with Crippen LogP contribution in [0.25, 0.3) is 11.3 Å². The van der Waals surface area contributed by atoms with Crippen LogP contribution in [0, 0.1) is 0 Å². The molecule has 2 rings (SSSR count). The molecule has 0 aliphatic rings. The highest BCUT2D eigenvalue weighted by atomic mass is 35.5. The van der Waals surface area contributed by atoms with Gasteiger partial charge in [0.15, 0.2) is 0 Å². The van der Waals surface area contributed by atoms with E-state index in [2.05, 4.69) is 5.10 Å². The molecule has 0 aliphatic carbocycles. The number of aromatic nitrogens is 2. The monoisotopic (exact) mass is 269 g/mol. The quantitative estimate of drug-likeness (QED) is 0.907. The Hall–Kier alpha value is -1.19. The first kappa shape index (κ1) is 12.3. The first-order valence-corrected chi connectivity index (χ1v) is 6.07. The molecule has 2 N–H and O–H groups in total. The van der Waals surface area contributed by atoms with Crippen LogP contribution in [0.5, 0.6) is 0 Å². The van der Waals surface area contributed by atoms with Gasteiger partial charge in [-0.15, -0.1) is 0 Å². The fraction of sp³-hybridized carbons (Fsp3) is 0.250. The lowest BCUT2D eigenvalue weighted by atomic mass is 10.1. The van der Waals surface area contributed by atoms with Gasteiger partial charge in [0.1, 0.15) is 5.82 Å². The summed E-state index contributed by atoms with van der Waals surface area (Å²) in [6, 6.07) is 5.48. The lowest BCUT2D eigenvalue weighted by Crippen LogP contribution is -1.98. The standard InChI is InChI=1S/C12H13Cl2N3/c1-3-8-11(16-17(2)12(8)15)7-4-5-9(13)10(14)6-7/h4-6H,3,15H2,1-2H3. The molecular weight excluding hydrogens is 257 g/mol. The van der Waals surface area contributed by atoms with Gasteiger partial charge in [0.25, 0.3) is 0 Å². The average Bonchev–Trinajstić information content (AvgIpc) is 2.59. The molecule has 0 radical (unpaired) electrons. The second-order valence-corrected chi connectivity index (χ2v) is 4.63. The van der Waals surface area contributed by atoms with Crippen molar-refractivity contribution in [2.45, 2.75) is 13.3 Å². The molecule has 1 aromatic carbocycles. The van der Waals surface area contributed by atoms with Crippen molar-refractivity contribution in [2.75, 3.05) is 5.73 Å². The van der Waals surface area contributed by atoms with Crippen LogP contribution in [0.15, 0.2) is 18.2 Å². The van der Waals surface area contributed by atoms with Crippen LogP contribution in [-0.2, 0) is 13.5 Å². The van der Waals surface area contributed by atoms with Crippen molar-refractivity contribution in [3.63, 3.8) is 0 Å². The number of aryl methyl sites for hydroxylation is 1. The lowest BCUT2D eigenvalue weighted by molar-refractivity contribution is 0.781.